The molecule has 144 valence electrons. The number of nitrogens with zero attached hydrogens (tertiary/aromatic N) is 4. The number of likely N-dealkylation sites (tertiary alicyclic amines) is 1. The summed E-state index contributed by atoms with van der Waals surface area (Å²) in [6, 6.07) is 15.4. The number of benzene rings is 1. The minimum Gasteiger partial charge on any atom is -0.336 e. The average Bonchev–Trinajstić information content (AvgIpc) is 3.13. The van der Waals surface area contributed by atoms with E-state index in [9.17, 15) is 9.59 Å². The third-order valence-corrected chi connectivity index (χ3v) is 5.19. The highest BCUT2D eigenvalue weighted by Crippen LogP contribution is 2.19. The van der Waals surface area contributed by atoms with Crippen molar-refractivity contribution >= 4 is 17.3 Å². The van der Waals surface area contributed by atoms with Crippen LogP contribution in [0.1, 0.15) is 45.9 Å². The molecule has 1 aromatic carbocycles. The number of rotatable bonds is 4. The first kappa shape index (κ1) is 18.2. The minimum absolute atomic E-state index is 0.106. The van der Waals surface area contributed by atoms with Crippen molar-refractivity contribution in [3.63, 3.8) is 0 Å². The van der Waals surface area contributed by atoms with Crippen molar-refractivity contribution in [2.45, 2.75) is 25.8 Å². The average molecular weight is 376 g/mol. The molecular formula is C22H24N4O2. The number of imidazole rings is 1. The van der Waals surface area contributed by atoms with Crippen molar-refractivity contribution in [2.75, 3.05) is 20.1 Å². The summed E-state index contributed by atoms with van der Waals surface area (Å²) in [5.74, 6) is 0.0184. The van der Waals surface area contributed by atoms with Gasteiger partial charge in [-0.05, 0) is 37.0 Å². The second-order valence-electron chi connectivity index (χ2n) is 7.24. The summed E-state index contributed by atoms with van der Waals surface area (Å²) in [7, 11) is 1.76. The van der Waals surface area contributed by atoms with Crippen LogP contribution in [0.3, 0.4) is 0 Å². The Morgan fingerprint density at radius 3 is 2.46 bits per heavy atom. The maximum Gasteiger partial charge on any atom is 0.290 e. The highest BCUT2D eigenvalue weighted by atomic mass is 16.2. The SMILES string of the molecule is CN(Cc1ccccc1)C(=O)c1nc(C(=O)N2CCCCC2)n2ccccc12. The lowest BCUT2D eigenvalue weighted by molar-refractivity contribution is 0.0711. The molecule has 3 heterocycles. The molecule has 1 aliphatic heterocycles. The zero-order valence-corrected chi connectivity index (χ0v) is 16.0. The molecule has 0 saturated carbocycles. The van der Waals surface area contributed by atoms with E-state index in [1.165, 1.54) is 0 Å². The topological polar surface area (TPSA) is 57.9 Å². The zero-order chi connectivity index (χ0) is 19.5. The number of amides is 2. The van der Waals surface area contributed by atoms with E-state index in [0.29, 0.717) is 23.6 Å². The maximum atomic E-state index is 13.1. The molecule has 0 aliphatic carbocycles. The van der Waals surface area contributed by atoms with Crippen LogP contribution in [-0.2, 0) is 6.54 Å². The Morgan fingerprint density at radius 2 is 1.71 bits per heavy atom. The van der Waals surface area contributed by atoms with E-state index in [1.807, 2.05) is 53.4 Å². The quantitative estimate of drug-likeness (QED) is 0.702. The second-order valence-corrected chi connectivity index (χ2v) is 7.24. The molecule has 0 N–H and O–H groups in total. The number of aromatic nitrogens is 2. The Hall–Kier alpha value is -3.15. The van der Waals surface area contributed by atoms with Crippen LogP contribution >= 0.6 is 0 Å². The molecule has 0 radical (unpaired) electrons. The molecule has 3 aromatic rings. The molecule has 0 atom stereocenters. The summed E-state index contributed by atoms with van der Waals surface area (Å²) in [5, 5.41) is 0. The second kappa shape index (κ2) is 7.84. The van der Waals surface area contributed by atoms with Gasteiger partial charge in [-0.2, -0.15) is 0 Å². The van der Waals surface area contributed by atoms with Crippen molar-refractivity contribution in [1.29, 1.82) is 0 Å². The van der Waals surface area contributed by atoms with E-state index in [1.54, 1.807) is 22.5 Å². The Labute approximate surface area is 164 Å². The standard InChI is InChI=1S/C22H24N4O2/c1-24(16-17-10-4-2-5-11-17)21(27)19-18-12-6-9-15-26(18)20(23-19)22(28)25-13-7-3-8-14-25/h2,4-6,9-12,15H,3,7-8,13-14,16H2,1H3. The van der Waals surface area contributed by atoms with Crippen molar-refractivity contribution in [3.05, 3.63) is 71.8 Å². The summed E-state index contributed by atoms with van der Waals surface area (Å²) in [6.45, 7) is 1.98. The van der Waals surface area contributed by atoms with Gasteiger partial charge >= 0.3 is 0 Å². The summed E-state index contributed by atoms with van der Waals surface area (Å²) >= 11 is 0. The summed E-state index contributed by atoms with van der Waals surface area (Å²) < 4.78 is 1.74. The van der Waals surface area contributed by atoms with Crippen LogP contribution < -0.4 is 0 Å². The van der Waals surface area contributed by atoms with E-state index < -0.39 is 0 Å². The third kappa shape index (κ3) is 3.50. The van der Waals surface area contributed by atoms with Crippen LogP contribution in [0.15, 0.2) is 54.7 Å². The van der Waals surface area contributed by atoms with Gasteiger partial charge in [0.25, 0.3) is 11.8 Å². The van der Waals surface area contributed by atoms with Gasteiger partial charge in [0.2, 0.25) is 5.82 Å². The van der Waals surface area contributed by atoms with Gasteiger partial charge in [0.1, 0.15) is 0 Å². The first-order chi connectivity index (χ1) is 13.6. The fourth-order valence-electron chi connectivity index (χ4n) is 3.69. The molecular weight excluding hydrogens is 352 g/mol. The molecule has 4 rings (SSSR count). The molecule has 1 saturated heterocycles. The van der Waals surface area contributed by atoms with Gasteiger partial charge in [0.05, 0.1) is 5.52 Å². The zero-order valence-electron chi connectivity index (χ0n) is 16.0. The van der Waals surface area contributed by atoms with E-state index in [2.05, 4.69) is 4.98 Å². The monoisotopic (exact) mass is 376 g/mol. The molecule has 1 aliphatic rings. The number of piperidine rings is 1. The van der Waals surface area contributed by atoms with Gasteiger partial charge in [-0.3, -0.25) is 14.0 Å². The predicted octanol–water partition coefficient (Wildman–Crippen LogP) is 3.23. The Bertz CT molecular complexity index is 990. The van der Waals surface area contributed by atoms with Gasteiger partial charge in [0.15, 0.2) is 5.69 Å². The van der Waals surface area contributed by atoms with Crippen molar-refractivity contribution in [1.82, 2.24) is 19.2 Å². The summed E-state index contributed by atoms with van der Waals surface area (Å²) in [4.78, 5) is 34.1. The number of pyridine rings is 1. The van der Waals surface area contributed by atoms with Crippen LogP contribution in [0.25, 0.3) is 5.52 Å². The number of hydrogen-bond acceptors (Lipinski definition) is 3. The third-order valence-electron chi connectivity index (χ3n) is 5.19. The molecule has 1 fully saturated rings. The number of fused-ring (bicyclic) bond motifs is 1. The largest absolute Gasteiger partial charge is 0.336 e. The normalized spacial score (nSPS) is 14.2. The van der Waals surface area contributed by atoms with Gasteiger partial charge < -0.3 is 9.80 Å². The molecule has 2 amide bonds. The Morgan fingerprint density at radius 1 is 1.00 bits per heavy atom. The van der Waals surface area contributed by atoms with Crippen LogP contribution in [0, 0.1) is 0 Å². The van der Waals surface area contributed by atoms with E-state index in [-0.39, 0.29) is 11.8 Å². The Kier molecular flexibility index (Phi) is 5.10. The van der Waals surface area contributed by atoms with Crippen molar-refractivity contribution in [3.8, 4) is 0 Å². The molecule has 0 spiro atoms. The van der Waals surface area contributed by atoms with Gasteiger partial charge in [-0.25, -0.2) is 4.98 Å². The van der Waals surface area contributed by atoms with Gasteiger partial charge in [-0.1, -0.05) is 36.4 Å². The fourth-order valence-corrected chi connectivity index (χ4v) is 3.69. The van der Waals surface area contributed by atoms with Crippen LogP contribution in [-0.4, -0.2) is 51.1 Å². The fraction of sp³-hybridized carbons (Fsp3) is 0.318. The van der Waals surface area contributed by atoms with E-state index in [0.717, 1.165) is 37.9 Å². The lowest BCUT2D eigenvalue weighted by Crippen LogP contribution is -2.36. The van der Waals surface area contributed by atoms with Gasteiger partial charge in [-0.15, -0.1) is 0 Å². The van der Waals surface area contributed by atoms with Gasteiger partial charge in [0, 0.05) is 32.9 Å². The van der Waals surface area contributed by atoms with Crippen molar-refractivity contribution in [2.24, 2.45) is 0 Å². The van der Waals surface area contributed by atoms with Crippen LogP contribution in [0.5, 0.6) is 0 Å². The first-order valence-corrected chi connectivity index (χ1v) is 9.71. The van der Waals surface area contributed by atoms with E-state index in [4.69, 9.17) is 0 Å². The van der Waals surface area contributed by atoms with Crippen LogP contribution in [0.2, 0.25) is 0 Å². The summed E-state index contributed by atoms with van der Waals surface area (Å²) in [5.41, 5.74) is 2.03. The molecule has 0 unspecified atom stereocenters. The number of hydrogen-bond donors (Lipinski definition) is 0. The molecule has 6 heteroatoms. The van der Waals surface area contributed by atoms with Crippen LogP contribution in [0.4, 0.5) is 0 Å². The molecule has 6 nitrogen and oxygen atoms in total. The lowest BCUT2D eigenvalue weighted by Gasteiger charge is -2.25. The number of carbonyl (C=O) groups is 2. The molecule has 28 heavy (non-hydrogen) atoms. The highest BCUT2D eigenvalue weighted by Gasteiger charge is 2.27. The first-order valence-electron chi connectivity index (χ1n) is 9.71. The van der Waals surface area contributed by atoms with E-state index >= 15 is 0 Å². The smallest absolute Gasteiger partial charge is 0.290 e. The summed E-state index contributed by atoms with van der Waals surface area (Å²) in [6.07, 6.45) is 4.98. The predicted molar refractivity (Wildman–Crippen MR) is 107 cm³/mol. The maximum absolute atomic E-state index is 13.1. The lowest BCUT2D eigenvalue weighted by atomic mass is 10.1. The molecule has 2 aromatic heterocycles. The molecule has 0 bridgehead atoms. The Balaban J connectivity index is 1.65. The highest BCUT2D eigenvalue weighted by molar-refractivity contribution is 6.02. The number of carbonyl (C=O) groups excluding carboxylic acids is 2. The van der Waals surface area contributed by atoms with Crippen molar-refractivity contribution < 1.29 is 9.59 Å². The minimum atomic E-state index is -0.190.